The number of carbonyl (C=O) groups is 1. The Bertz CT molecular complexity index is 426. The maximum absolute atomic E-state index is 10.9. The van der Waals surface area contributed by atoms with E-state index in [1.165, 1.54) is 12.3 Å². The van der Waals surface area contributed by atoms with Gasteiger partial charge >= 0.3 is 5.97 Å². The number of carboxylic acids is 1. The SMILES string of the molecule is Cl.Cl.O=C(O)c1ccnc(OC2CCNCC2)c1Cl. The van der Waals surface area contributed by atoms with Crippen LogP contribution >= 0.6 is 36.4 Å². The van der Waals surface area contributed by atoms with E-state index in [2.05, 4.69) is 10.3 Å². The summed E-state index contributed by atoms with van der Waals surface area (Å²) in [6.45, 7) is 1.78. The Balaban J connectivity index is 0.00000162. The van der Waals surface area contributed by atoms with Gasteiger partial charge in [-0.25, -0.2) is 9.78 Å². The number of aromatic nitrogens is 1. The van der Waals surface area contributed by atoms with Crippen molar-refractivity contribution in [3.8, 4) is 5.88 Å². The molecule has 0 spiro atoms. The molecule has 0 bridgehead atoms. The van der Waals surface area contributed by atoms with Gasteiger partial charge in [0.15, 0.2) is 0 Å². The molecule has 1 aliphatic heterocycles. The summed E-state index contributed by atoms with van der Waals surface area (Å²) >= 11 is 5.94. The second-order valence-corrected chi connectivity index (χ2v) is 4.23. The lowest BCUT2D eigenvalue weighted by Crippen LogP contribution is -2.34. The number of ether oxygens (including phenoxy) is 1. The topological polar surface area (TPSA) is 71.5 Å². The van der Waals surface area contributed by atoms with Gasteiger partial charge in [0.05, 0.1) is 5.56 Å². The monoisotopic (exact) mass is 328 g/mol. The van der Waals surface area contributed by atoms with Crippen LogP contribution in [-0.2, 0) is 0 Å². The predicted octanol–water partition coefficient (Wildman–Crippen LogP) is 2.41. The van der Waals surface area contributed by atoms with E-state index in [4.69, 9.17) is 21.4 Å². The molecule has 1 aromatic heterocycles. The van der Waals surface area contributed by atoms with Crippen LogP contribution in [0.5, 0.6) is 5.88 Å². The summed E-state index contributed by atoms with van der Waals surface area (Å²) in [5.74, 6) is -0.869. The summed E-state index contributed by atoms with van der Waals surface area (Å²) < 4.78 is 5.63. The van der Waals surface area contributed by atoms with Gasteiger partial charge < -0.3 is 15.2 Å². The van der Waals surface area contributed by atoms with Gasteiger partial charge in [0.1, 0.15) is 11.1 Å². The maximum Gasteiger partial charge on any atom is 0.337 e. The predicted molar refractivity (Wildman–Crippen MR) is 77.2 cm³/mol. The van der Waals surface area contributed by atoms with Crippen LogP contribution in [0.2, 0.25) is 5.02 Å². The van der Waals surface area contributed by atoms with Crippen molar-refractivity contribution in [1.29, 1.82) is 0 Å². The van der Waals surface area contributed by atoms with Gasteiger partial charge in [0.25, 0.3) is 0 Å². The first kappa shape index (κ1) is 18.2. The van der Waals surface area contributed by atoms with Gasteiger partial charge in [0.2, 0.25) is 5.88 Å². The molecule has 0 radical (unpaired) electrons. The van der Waals surface area contributed by atoms with Crippen molar-refractivity contribution in [3.63, 3.8) is 0 Å². The summed E-state index contributed by atoms with van der Waals surface area (Å²) in [5.41, 5.74) is 0.0191. The minimum Gasteiger partial charge on any atom is -0.478 e. The summed E-state index contributed by atoms with van der Waals surface area (Å²) in [6.07, 6.45) is 3.18. The molecule has 2 N–H and O–H groups in total. The van der Waals surface area contributed by atoms with Gasteiger partial charge in [-0.3, -0.25) is 0 Å². The second kappa shape index (κ2) is 8.43. The average molecular weight is 330 g/mol. The Kier molecular flexibility index (Phi) is 8.09. The van der Waals surface area contributed by atoms with Crippen LogP contribution in [0.15, 0.2) is 12.3 Å². The first-order valence-corrected chi connectivity index (χ1v) is 5.81. The third-order valence-corrected chi connectivity index (χ3v) is 3.02. The number of nitrogens with one attached hydrogen (secondary N) is 1. The van der Waals surface area contributed by atoms with Crippen LogP contribution in [0.25, 0.3) is 0 Å². The smallest absolute Gasteiger partial charge is 0.337 e. The molecule has 0 aromatic carbocycles. The number of aromatic carboxylic acids is 1. The van der Waals surface area contributed by atoms with E-state index in [1.54, 1.807) is 0 Å². The zero-order chi connectivity index (χ0) is 12.3. The van der Waals surface area contributed by atoms with E-state index < -0.39 is 5.97 Å². The Hall–Kier alpha value is -0.750. The van der Waals surface area contributed by atoms with Crippen LogP contribution in [0.4, 0.5) is 0 Å². The molecule has 19 heavy (non-hydrogen) atoms. The average Bonchev–Trinajstić information content (AvgIpc) is 2.33. The summed E-state index contributed by atoms with van der Waals surface area (Å²) in [7, 11) is 0. The zero-order valence-corrected chi connectivity index (χ0v) is 12.4. The number of hydrogen-bond acceptors (Lipinski definition) is 4. The minimum absolute atomic E-state index is 0. The molecule has 0 atom stereocenters. The lowest BCUT2D eigenvalue weighted by Gasteiger charge is -2.23. The number of nitrogens with zero attached hydrogens (tertiary/aromatic N) is 1. The van der Waals surface area contributed by atoms with Crippen molar-refractivity contribution < 1.29 is 14.6 Å². The highest BCUT2D eigenvalue weighted by Gasteiger charge is 2.19. The molecule has 0 amide bonds. The number of piperidine rings is 1. The van der Waals surface area contributed by atoms with Crippen molar-refractivity contribution in [3.05, 3.63) is 22.8 Å². The first-order valence-electron chi connectivity index (χ1n) is 5.43. The van der Waals surface area contributed by atoms with E-state index in [1.807, 2.05) is 0 Å². The summed E-state index contributed by atoms with van der Waals surface area (Å²) in [5, 5.41) is 12.2. The first-order chi connectivity index (χ1) is 8.18. The third kappa shape index (κ3) is 4.69. The van der Waals surface area contributed by atoms with Gasteiger partial charge in [-0.05, 0) is 32.0 Å². The van der Waals surface area contributed by atoms with E-state index >= 15 is 0 Å². The minimum atomic E-state index is -1.08. The molecule has 1 aliphatic rings. The number of rotatable bonds is 3. The van der Waals surface area contributed by atoms with Crippen LogP contribution < -0.4 is 10.1 Å². The Morgan fingerprint density at radius 1 is 1.42 bits per heavy atom. The van der Waals surface area contributed by atoms with E-state index in [9.17, 15) is 4.79 Å². The molecule has 2 heterocycles. The number of hydrogen-bond donors (Lipinski definition) is 2. The molecule has 0 saturated carbocycles. The van der Waals surface area contributed by atoms with Gasteiger partial charge in [-0.2, -0.15) is 0 Å². The van der Waals surface area contributed by atoms with Crippen LogP contribution in [0.1, 0.15) is 23.2 Å². The summed E-state index contributed by atoms with van der Waals surface area (Å²) in [4.78, 5) is 14.9. The fourth-order valence-corrected chi connectivity index (χ4v) is 1.98. The van der Waals surface area contributed by atoms with Crippen LogP contribution in [0, 0.1) is 0 Å². The fourth-order valence-electron chi connectivity index (χ4n) is 1.74. The fraction of sp³-hybridized carbons (Fsp3) is 0.455. The zero-order valence-electron chi connectivity index (χ0n) is 9.97. The van der Waals surface area contributed by atoms with E-state index in [-0.39, 0.29) is 47.4 Å². The Morgan fingerprint density at radius 2 is 2.05 bits per heavy atom. The lowest BCUT2D eigenvalue weighted by molar-refractivity contribution is 0.0695. The second-order valence-electron chi connectivity index (χ2n) is 3.85. The number of carboxylic acid groups (broad SMARTS) is 1. The molecule has 8 heteroatoms. The standard InChI is InChI=1S/C11H13ClN2O3.2ClH/c12-9-8(11(15)16)3-6-14-10(9)17-7-1-4-13-5-2-7;;/h3,6-7,13H,1-2,4-5H2,(H,15,16);2*1H. The highest BCUT2D eigenvalue weighted by molar-refractivity contribution is 6.34. The molecular formula is C11H15Cl3N2O3. The van der Waals surface area contributed by atoms with Crippen molar-refractivity contribution in [2.45, 2.75) is 18.9 Å². The van der Waals surface area contributed by atoms with Gasteiger partial charge in [-0.1, -0.05) is 11.6 Å². The van der Waals surface area contributed by atoms with Gasteiger partial charge in [0, 0.05) is 6.20 Å². The van der Waals surface area contributed by atoms with Crippen LogP contribution in [-0.4, -0.2) is 35.3 Å². The molecule has 1 fully saturated rings. The largest absolute Gasteiger partial charge is 0.478 e. The Morgan fingerprint density at radius 3 is 2.63 bits per heavy atom. The maximum atomic E-state index is 10.9. The molecular weight excluding hydrogens is 314 g/mol. The van der Waals surface area contributed by atoms with Crippen molar-refractivity contribution in [2.75, 3.05) is 13.1 Å². The molecule has 1 saturated heterocycles. The summed E-state index contributed by atoms with van der Waals surface area (Å²) in [6, 6.07) is 1.36. The number of halogens is 3. The van der Waals surface area contributed by atoms with E-state index in [0.29, 0.717) is 0 Å². The third-order valence-electron chi connectivity index (χ3n) is 2.65. The van der Waals surface area contributed by atoms with Gasteiger partial charge in [-0.15, -0.1) is 24.8 Å². The highest BCUT2D eigenvalue weighted by atomic mass is 35.5. The van der Waals surface area contributed by atoms with Crippen LogP contribution in [0.3, 0.4) is 0 Å². The highest BCUT2D eigenvalue weighted by Crippen LogP contribution is 2.27. The molecule has 5 nitrogen and oxygen atoms in total. The van der Waals surface area contributed by atoms with Crippen molar-refractivity contribution in [1.82, 2.24) is 10.3 Å². The van der Waals surface area contributed by atoms with Crippen molar-refractivity contribution >= 4 is 42.4 Å². The normalized spacial score (nSPS) is 15.0. The molecule has 0 aliphatic carbocycles. The number of pyridine rings is 1. The molecule has 108 valence electrons. The van der Waals surface area contributed by atoms with Crippen molar-refractivity contribution in [2.24, 2.45) is 0 Å². The molecule has 0 unspecified atom stereocenters. The quantitative estimate of drug-likeness (QED) is 0.891. The molecule has 1 aromatic rings. The molecule has 2 rings (SSSR count). The lowest BCUT2D eigenvalue weighted by atomic mass is 10.1. The Labute approximate surface area is 128 Å². The van der Waals surface area contributed by atoms with E-state index in [0.717, 1.165) is 25.9 Å².